The molecule has 2 aliphatic rings. The predicted molar refractivity (Wildman–Crippen MR) is 90.7 cm³/mol. The molecule has 0 bridgehead atoms. The summed E-state index contributed by atoms with van der Waals surface area (Å²) in [7, 11) is 0. The topological polar surface area (TPSA) is 143 Å². The highest BCUT2D eigenvalue weighted by atomic mass is 16.6. The van der Waals surface area contributed by atoms with Gasteiger partial charge in [-0.3, -0.25) is 4.79 Å². The van der Waals surface area contributed by atoms with Crippen molar-refractivity contribution in [2.24, 2.45) is 0 Å². The standard InChI is InChI=1S/C16H18N4O5/c1-16(24)13(23)10(6-21)25-15(16)20-5-7-8(17)4-11(22)19-14-12(7)9(20)2-3-18-14/h2-5,10,13,15,21,23-24H,6,17H2,1H3,(H,18,19,22)/t10-,13-,15-,16?/m1/s1. The lowest BCUT2D eigenvalue weighted by atomic mass is 9.96. The fraction of sp³-hybridized carbons (Fsp3) is 0.375. The maximum absolute atomic E-state index is 11.8. The fourth-order valence-corrected chi connectivity index (χ4v) is 3.47. The number of anilines is 2. The van der Waals surface area contributed by atoms with Crippen molar-refractivity contribution in [1.82, 2.24) is 9.55 Å². The molecule has 1 saturated heterocycles. The molecule has 2 aromatic heterocycles. The van der Waals surface area contributed by atoms with Gasteiger partial charge in [-0.1, -0.05) is 0 Å². The molecule has 0 aromatic carbocycles. The summed E-state index contributed by atoms with van der Waals surface area (Å²) in [6.07, 6.45) is 1.87. The van der Waals surface area contributed by atoms with Gasteiger partial charge in [0.25, 0.3) is 5.56 Å². The number of nitrogens with two attached hydrogens (primary N) is 1. The van der Waals surface area contributed by atoms with E-state index in [1.54, 1.807) is 23.0 Å². The number of aromatic nitrogens is 2. The van der Waals surface area contributed by atoms with Crippen molar-refractivity contribution in [2.45, 2.75) is 31.0 Å². The van der Waals surface area contributed by atoms with Gasteiger partial charge in [0.2, 0.25) is 0 Å². The number of nitrogens with zero attached hydrogens (tertiary/aromatic N) is 2. The van der Waals surface area contributed by atoms with Crippen molar-refractivity contribution in [1.29, 1.82) is 0 Å². The van der Waals surface area contributed by atoms with Crippen molar-refractivity contribution in [2.75, 3.05) is 17.7 Å². The first-order chi connectivity index (χ1) is 11.8. The van der Waals surface area contributed by atoms with Crippen LogP contribution in [0.4, 0.5) is 11.5 Å². The van der Waals surface area contributed by atoms with Gasteiger partial charge in [-0.25, -0.2) is 0 Å². The SMILES string of the molecule is CC1(O)[C@H](O)[C@@H](CO)O[C@H]1n1cc2c(N)cc(=O)nc3c2c1C=CN3. The van der Waals surface area contributed by atoms with Gasteiger partial charge >= 0.3 is 0 Å². The van der Waals surface area contributed by atoms with Crippen LogP contribution in [-0.2, 0) is 4.74 Å². The minimum Gasteiger partial charge on any atom is -0.398 e. The number of nitrogen functional groups attached to an aromatic ring is 1. The van der Waals surface area contributed by atoms with Crippen molar-refractivity contribution in [3.8, 4) is 0 Å². The smallest absolute Gasteiger partial charge is 0.273 e. The summed E-state index contributed by atoms with van der Waals surface area (Å²) >= 11 is 0. The summed E-state index contributed by atoms with van der Waals surface area (Å²) in [4.78, 5) is 15.8. The maximum atomic E-state index is 11.8. The van der Waals surface area contributed by atoms with Crippen LogP contribution in [0.1, 0.15) is 18.8 Å². The molecule has 6 N–H and O–H groups in total. The molecule has 0 aliphatic carbocycles. The molecule has 25 heavy (non-hydrogen) atoms. The van der Waals surface area contributed by atoms with E-state index in [4.69, 9.17) is 10.5 Å². The zero-order chi connectivity index (χ0) is 17.9. The average Bonchev–Trinajstić information content (AvgIpc) is 3.00. The Kier molecular flexibility index (Phi) is 3.38. The third kappa shape index (κ3) is 2.17. The Balaban J connectivity index is 1.98. The monoisotopic (exact) mass is 346 g/mol. The van der Waals surface area contributed by atoms with Gasteiger partial charge < -0.3 is 35.7 Å². The van der Waals surface area contributed by atoms with Gasteiger partial charge in [-0.2, -0.15) is 4.98 Å². The molecule has 9 heteroatoms. The molecule has 2 aromatic rings. The van der Waals surface area contributed by atoms with Gasteiger partial charge in [0.15, 0.2) is 6.23 Å². The molecule has 1 fully saturated rings. The second kappa shape index (κ2) is 5.27. The van der Waals surface area contributed by atoms with Crippen molar-refractivity contribution in [3.05, 3.63) is 34.5 Å². The van der Waals surface area contributed by atoms with Gasteiger partial charge in [-0.05, 0) is 13.0 Å². The summed E-state index contributed by atoms with van der Waals surface area (Å²) in [5.41, 5.74) is 4.78. The summed E-state index contributed by atoms with van der Waals surface area (Å²) < 4.78 is 7.31. The Morgan fingerprint density at radius 1 is 1.52 bits per heavy atom. The molecule has 9 nitrogen and oxygen atoms in total. The normalized spacial score (nSPS) is 30.6. The van der Waals surface area contributed by atoms with E-state index in [0.29, 0.717) is 22.3 Å². The van der Waals surface area contributed by atoms with Crippen LogP contribution in [0, 0.1) is 0 Å². The third-order valence-corrected chi connectivity index (χ3v) is 4.77. The van der Waals surface area contributed by atoms with E-state index in [-0.39, 0.29) is 5.69 Å². The molecule has 0 saturated carbocycles. The third-order valence-electron chi connectivity index (χ3n) is 4.77. The van der Waals surface area contributed by atoms with E-state index in [9.17, 15) is 20.1 Å². The van der Waals surface area contributed by atoms with Crippen molar-refractivity contribution < 1.29 is 20.1 Å². The number of aliphatic hydroxyl groups excluding tert-OH is 2. The molecule has 4 atom stereocenters. The first-order valence-corrected chi connectivity index (χ1v) is 7.80. The van der Waals surface area contributed by atoms with E-state index in [0.717, 1.165) is 0 Å². The summed E-state index contributed by atoms with van der Waals surface area (Å²) in [6.45, 7) is 1.02. The summed E-state index contributed by atoms with van der Waals surface area (Å²) in [6, 6.07) is 1.23. The zero-order valence-corrected chi connectivity index (χ0v) is 13.4. The first kappa shape index (κ1) is 16.0. The lowest BCUT2D eigenvalue weighted by Gasteiger charge is -2.28. The minimum absolute atomic E-state index is 0.243. The van der Waals surface area contributed by atoms with Crippen LogP contribution in [0.15, 0.2) is 23.3 Å². The molecule has 4 rings (SSSR count). The van der Waals surface area contributed by atoms with E-state index in [2.05, 4.69) is 10.3 Å². The number of ether oxygens (including phenoxy) is 1. The van der Waals surface area contributed by atoms with Gasteiger partial charge in [-0.15, -0.1) is 0 Å². The first-order valence-electron chi connectivity index (χ1n) is 7.80. The predicted octanol–water partition coefficient (Wildman–Crippen LogP) is -0.624. The Morgan fingerprint density at radius 3 is 2.96 bits per heavy atom. The lowest BCUT2D eigenvalue weighted by Crippen LogP contribution is -2.44. The van der Waals surface area contributed by atoms with Gasteiger partial charge in [0.1, 0.15) is 23.6 Å². The molecular weight excluding hydrogens is 328 g/mol. The Morgan fingerprint density at radius 2 is 2.28 bits per heavy atom. The van der Waals surface area contributed by atoms with Crippen LogP contribution in [-0.4, -0.2) is 49.3 Å². The van der Waals surface area contributed by atoms with Crippen LogP contribution in [0.25, 0.3) is 16.8 Å². The molecule has 4 heterocycles. The number of hydrogen-bond donors (Lipinski definition) is 5. The van der Waals surface area contributed by atoms with Crippen LogP contribution in [0.2, 0.25) is 0 Å². The van der Waals surface area contributed by atoms with Crippen LogP contribution < -0.4 is 16.6 Å². The number of rotatable bonds is 2. The van der Waals surface area contributed by atoms with Crippen LogP contribution >= 0.6 is 0 Å². The van der Waals surface area contributed by atoms with Gasteiger partial charge in [0.05, 0.1) is 17.7 Å². The molecule has 0 amide bonds. The average molecular weight is 346 g/mol. The molecule has 1 unspecified atom stereocenters. The van der Waals surface area contributed by atoms with E-state index >= 15 is 0 Å². The fourth-order valence-electron chi connectivity index (χ4n) is 3.47. The Labute approximate surface area is 142 Å². The molecular formula is C16H18N4O5. The Hall–Kier alpha value is -2.46. The largest absolute Gasteiger partial charge is 0.398 e. The second-order valence-electron chi connectivity index (χ2n) is 6.47. The molecule has 0 spiro atoms. The highest BCUT2D eigenvalue weighted by Gasteiger charge is 2.53. The van der Waals surface area contributed by atoms with E-state index in [1.807, 2.05) is 0 Å². The minimum atomic E-state index is -1.63. The second-order valence-corrected chi connectivity index (χ2v) is 6.47. The van der Waals surface area contributed by atoms with Crippen molar-refractivity contribution >= 4 is 28.4 Å². The highest BCUT2D eigenvalue weighted by molar-refractivity contribution is 6.05. The molecule has 2 aliphatic heterocycles. The summed E-state index contributed by atoms with van der Waals surface area (Å²) in [5, 5.41) is 34.4. The van der Waals surface area contributed by atoms with Crippen LogP contribution in [0.3, 0.4) is 0 Å². The van der Waals surface area contributed by atoms with Crippen molar-refractivity contribution in [3.63, 3.8) is 0 Å². The highest BCUT2D eigenvalue weighted by Crippen LogP contribution is 2.42. The molecule has 132 valence electrons. The van der Waals surface area contributed by atoms with E-state index in [1.165, 1.54) is 13.0 Å². The van der Waals surface area contributed by atoms with E-state index < -0.39 is 36.2 Å². The molecule has 0 radical (unpaired) electrons. The number of nitrogens with one attached hydrogen (secondary N) is 1. The number of aliphatic hydroxyl groups is 3. The number of hydrogen-bond acceptors (Lipinski definition) is 8. The lowest BCUT2D eigenvalue weighted by molar-refractivity contribution is -0.0965. The summed E-state index contributed by atoms with van der Waals surface area (Å²) in [5.74, 6) is 0.352. The maximum Gasteiger partial charge on any atom is 0.273 e. The van der Waals surface area contributed by atoms with Crippen LogP contribution in [0.5, 0.6) is 0 Å². The quantitative estimate of drug-likeness (QED) is 0.484. The zero-order valence-electron chi connectivity index (χ0n) is 13.4. The Bertz CT molecular complexity index is 952. The van der Waals surface area contributed by atoms with Gasteiger partial charge in [0, 0.05) is 29.5 Å².